The number of rotatable bonds is 11. The zero-order valence-corrected chi connectivity index (χ0v) is 24.6. The minimum Gasteiger partial charge on any atom is -0.493 e. The molecule has 0 fully saturated rings. The van der Waals surface area contributed by atoms with Gasteiger partial charge in [0.2, 0.25) is 11.9 Å². The summed E-state index contributed by atoms with van der Waals surface area (Å²) in [7, 11) is 6.37. The first-order valence-electron chi connectivity index (χ1n) is 13.2. The van der Waals surface area contributed by atoms with E-state index in [0.717, 1.165) is 16.7 Å². The normalized spacial score (nSPS) is 11.1. The van der Waals surface area contributed by atoms with Gasteiger partial charge in [-0.05, 0) is 58.5 Å². The van der Waals surface area contributed by atoms with E-state index in [1.807, 2.05) is 60.7 Å². The molecule has 10 nitrogen and oxygen atoms in total. The molecule has 1 heterocycles. The summed E-state index contributed by atoms with van der Waals surface area (Å²) in [5.41, 5.74) is 3.46. The number of carbonyl (C=O) groups is 1. The van der Waals surface area contributed by atoms with E-state index >= 15 is 0 Å². The average molecular weight is 560 g/mol. The van der Waals surface area contributed by atoms with Gasteiger partial charge in [0.05, 0.1) is 28.4 Å². The van der Waals surface area contributed by atoms with Gasteiger partial charge in [-0.2, -0.15) is 9.67 Å². The maximum absolute atomic E-state index is 13.6. The molecule has 0 aliphatic rings. The summed E-state index contributed by atoms with van der Waals surface area (Å²) in [4.78, 5) is 18.2. The predicted octanol–water partition coefficient (Wildman–Crippen LogP) is 5.52. The van der Waals surface area contributed by atoms with Crippen LogP contribution in [0.15, 0.2) is 60.7 Å². The maximum Gasteiger partial charge on any atom is 0.281 e. The van der Waals surface area contributed by atoms with Crippen LogP contribution in [0.1, 0.15) is 47.8 Å². The summed E-state index contributed by atoms with van der Waals surface area (Å²) >= 11 is 0. The van der Waals surface area contributed by atoms with E-state index in [2.05, 4.69) is 41.5 Å². The number of carbonyl (C=O) groups excluding carboxylic acids is 1. The van der Waals surface area contributed by atoms with Gasteiger partial charge in [0.15, 0.2) is 23.0 Å². The monoisotopic (exact) mass is 559 g/mol. The van der Waals surface area contributed by atoms with Crippen LogP contribution in [0, 0.1) is 0 Å². The molecule has 0 saturated carbocycles. The van der Waals surface area contributed by atoms with Crippen LogP contribution < -0.4 is 29.6 Å². The van der Waals surface area contributed by atoms with Crippen LogP contribution in [0.2, 0.25) is 0 Å². The van der Waals surface area contributed by atoms with Crippen LogP contribution in [0.4, 0.5) is 11.9 Å². The number of anilines is 2. The number of ether oxygens (including phenoxy) is 4. The molecule has 0 bridgehead atoms. The van der Waals surface area contributed by atoms with Crippen LogP contribution in [-0.2, 0) is 18.5 Å². The highest BCUT2D eigenvalue weighted by Gasteiger charge is 2.20. The highest BCUT2D eigenvalue weighted by atomic mass is 16.5. The van der Waals surface area contributed by atoms with Crippen molar-refractivity contribution in [3.63, 3.8) is 0 Å². The van der Waals surface area contributed by atoms with Gasteiger partial charge in [0.25, 0.3) is 5.91 Å². The Balaban J connectivity index is 1.60. The molecule has 216 valence electrons. The molecule has 1 aromatic heterocycles. The minimum atomic E-state index is -0.299. The lowest BCUT2D eigenvalue weighted by Crippen LogP contribution is -2.18. The van der Waals surface area contributed by atoms with E-state index < -0.39 is 0 Å². The molecule has 3 aromatic carbocycles. The molecule has 2 N–H and O–H groups in total. The molecule has 0 amide bonds. The fraction of sp³-hybridized carbons (Fsp3) is 0.323. The summed E-state index contributed by atoms with van der Waals surface area (Å²) in [6, 6.07) is 18.8. The third kappa shape index (κ3) is 6.89. The van der Waals surface area contributed by atoms with Crippen molar-refractivity contribution >= 4 is 17.8 Å². The Morgan fingerprint density at radius 1 is 0.732 bits per heavy atom. The molecule has 4 rings (SSSR count). The summed E-state index contributed by atoms with van der Waals surface area (Å²) in [6.07, 6.45) is 0. The van der Waals surface area contributed by atoms with Gasteiger partial charge in [-0.15, -0.1) is 5.10 Å². The van der Waals surface area contributed by atoms with Crippen LogP contribution in [0.3, 0.4) is 0 Å². The summed E-state index contributed by atoms with van der Waals surface area (Å²) in [5, 5.41) is 11.0. The molecule has 0 aliphatic heterocycles. The number of benzene rings is 3. The second-order valence-electron chi connectivity index (χ2n) is 10.4. The van der Waals surface area contributed by atoms with Gasteiger partial charge in [-0.1, -0.05) is 45.0 Å². The van der Waals surface area contributed by atoms with Gasteiger partial charge >= 0.3 is 0 Å². The number of nitrogens with one attached hydrogen (secondary N) is 2. The molecule has 0 aliphatic carbocycles. The first-order valence-corrected chi connectivity index (χ1v) is 13.2. The zero-order valence-electron chi connectivity index (χ0n) is 24.6. The summed E-state index contributed by atoms with van der Waals surface area (Å²) < 4.78 is 22.8. The molecule has 0 unspecified atom stereocenters. The topological polar surface area (TPSA) is 109 Å². The van der Waals surface area contributed by atoms with Crippen molar-refractivity contribution in [3.8, 4) is 23.0 Å². The van der Waals surface area contributed by atoms with Crippen molar-refractivity contribution in [2.24, 2.45) is 0 Å². The van der Waals surface area contributed by atoms with E-state index in [0.29, 0.717) is 53.5 Å². The van der Waals surface area contributed by atoms with Crippen molar-refractivity contribution in [1.29, 1.82) is 0 Å². The molecule has 0 saturated heterocycles. The predicted molar refractivity (Wildman–Crippen MR) is 159 cm³/mol. The zero-order chi connectivity index (χ0) is 29.6. The Kier molecular flexibility index (Phi) is 9.01. The quantitative estimate of drug-likeness (QED) is 0.245. The molecular formula is C31H37N5O5. The van der Waals surface area contributed by atoms with Crippen molar-refractivity contribution in [2.45, 2.75) is 39.3 Å². The first kappa shape index (κ1) is 29.3. The van der Waals surface area contributed by atoms with Gasteiger partial charge in [0, 0.05) is 18.7 Å². The van der Waals surface area contributed by atoms with Gasteiger partial charge < -0.3 is 29.6 Å². The number of hydrogen-bond donors (Lipinski definition) is 2. The molecular weight excluding hydrogens is 522 g/mol. The standard InChI is InChI=1S/C31H37N5O5/c1-31(2,3)23-12-10-22(11-13-23)28(37)36-30(33-19-21-9-15-25(39-5)27(17-21)41-7)34-29(35-36)32-18-20-8-14-24(38-4)26(16-20)40-6/h8-17H,18-19H2,1-7H3,(H2,32,33,34,35). The minimum absolute atomic E-state index is 0.0256. The second kappa shape index (κ2) is 12.6. The van der Waals surface area contributed by atoms with Crippen LogP contribution >= 0.6 is 0 Å². The Hall–Kier alpha value is -4.73. The van der Waals surface area contributed by atoms with E-state index in [9.17, 15) is 4.79 Å². The molecule has 0 spiro atoms. The van der Waals surface area contributed by atoms with E-state index in [1.165, 1.54) is 4.68 Å². The molecule has 0 radical (unpaired) electrons. The van der Waals surface area contributed by atoms with Crippen molar-refractivity contribution in [1.82, 2.24) is 14.8 Å². The molecule has 0 atom stereocenters. The Morgan fingerprint density at radius 3 is 1.73 bits per heavy atom. The SMILES string of the molecule is COc1ccc(CNc2nc(NCc3ccc(OC)c(OC)c3)n(C(=O)c3ccc(C(C)(C)C)cc3)n2)cc1OC. The summed E-state index contributed by atoms with van der Waals surface area (Å²) in [5.74, 6) is 2.82. The van der Waals surface area contributed by atoms with Gasteiger partial charge in [0.1, 0.15) is 0 Å². The lowest BCUT2D eigenvalue weighted by molar-refractivity contribution is 0.0947. The highest BCUT2D eigenvalue weighted by molar-refractivity contribution is 5.97. The first-order chi connectivity index (χ1) is 19.7. The molecule has 4 aromatic rings. The number of nitrogens with zero attached hydrogens (tertiary/aromatic N) is 3. The summed E-state index contributed by atoms with van der Waals surface area (Å²) in [6.45, 7) is 7.19. The molecule has 41 heavy (non-hydrogen) atoms. The van der Waals surface area contributed by atoms with Gasteiger partial charge in [-0.25, -0.2) is 0 Å². The molecule has 10 heteroatoms. The van der Waals surface area contributed by atoms with Crippen LogP contribution in [-0.4, -0.2) is 49.1 Å². The van der Waals surface area contributed by atoms with Crippen molar-refractivity contribution in [2.75, 3.05) is 39.1 Å². The van der Waals surface area contributed by atoms with Gasteiger partial charge in [-0.3, -0.25) is 4.79 Å². The van der Waals surface area contributed by atoms with Crippen molar-refractivity contribution < 1.29 is 23.7 Å². The fourth-order valence-corrected chi connectivity index (χ4v) is 4.22. The van der Waals surface area contributed by atoms with Crippen LogP contribution in [0.25, 0.3) is 0 Å². The number of hydrogen-bond acceptors (Lipinski definition) is 9. The van der Waals surface area contributed by atoms with E-state index in [4.69, 9.17) is 18.9 Å². The van der Waals surface area contributed by atoms with Crippen LogP contribution in [0.5, 0.6) is 23.0 Å². The smallest absolute Gasteiger partial charge is 0.281 e. The van der Waals surface area contributed by atoms with E-state index in [1.54, 1.807) is 28.4 Å². The fourth-order valence-electron chi connectivity index (χ4n) is 4.22. The number of aromatic nitrogens is 3. The number of methoxy groups -OCH3 is 4. The third-order valence-electron chi connectivity index (χ3n) is 6.59. The lowest BCUT2D eigenvalue weighted by atomic mass is 9.87. The average Bonchev–Trinajstić information content (AvgIpc) is 3.40. The second-order valence-corrected chi connectivity index (χ2v) is 10.4. The Morgan fingerprint density at radius 2 is 1.24 bits per heavy atom. The lowest BCUT2D eigenvalue weighted by Gasteiger charge is -2.19. The largest absolute Gasteiger partial charge is 0.493 e. The van der Waals surface area contributed by atoms with Crippen molar-refractivity contribution in [3.05, 3.63) is 82.9 Å². The Labute approximate surface area is 240 Å². The van der Waals surface area contributed by atoms with E-state index in [-0.39, 0.29) is 11.3 Å². The maximum atomic E-state index is 13.6. The highest BCUT2D eigenvalue weighted by Crippen LogP contribution is 2.29. The third-order valence-corrected chi connectivity index (χ3v) is 6.59. The Bertz CT molecular complexity index is 1490.